The minimum atomic E-state index is -4.64. The van der Waals surface area contributed by atoms with E-state index in [1.165, 1.54) is 28.8 Å². The van der Waals surface area contributed by atoms with Gasteiger partial charge in [-0.15, -0.1) is 0 Å². The third kappa shape index (κ3) is 6.09. The quantitative estimate of drug-likeness (QED) is 0.510. The largest absolute Gasteiger partial charge is 0.466 e. The molecule has 0 aliphatic heterocycles. The molecule has 154 valence electrons. The zero-order valence-corrected chi connectivity index (χ0v) is 18.6. The molecule has 0 aliphatic rings. The molecule has 0 bridgehead atoms. The normalized spacial score (nSPS) is 11.7. The van der Waals surface area contributed by atoms with Crippen LogP contribution in [-0.4, -0.2) is 20.3 Å². The molecule has 0 saturated carbocycles. The van der Waals surface area contributed by atoms with Gasteiger partial charge in [-0.25, -0.2) is 4.57 Å². The lowest BCUT2D eigenvalue weighted by Crippen LogP contribution is -2.38. The fourth-order valence-corrected chi connectivity index (χ4v) is 9.09. The van der Waals surface area contributed by atoms with Crippen LogP contribution in [0.5, 0.6) is 0 Å². The number of hydrogen-bond donors (Lipinski definition) is 3. The summed E-state index contributed by atoms with van der Waals surface area (Å²) in [7, 11) is -6.30. The number of benzene rings is 3. The Bertz CT molecular complexity index is 787. The Hall–Kier alpha value is -1.80. The molecule has 0 spiro atoms. The maximum Gasteiger partial charge on any atom is 0.466 e. The average Bonchev–Trinajstić information content (AvgIpc) is 2.73. The summed E-state index contributed by atoms with van der Waals surface area (Å²) in [5, 5.41) is 4.49. The molecule has 3 aromatic carbocycles. The van der Waals surface area contributed by atoms with Crippen LogP contribution in [0.2, 0.25) is 0 Å². The minimum absolute atomic E-state index is 0.657. The molecule has 0 unspecified atom stereocenters. The molecule has 4 nitrogen and oxygen atoms in total. The minimum Gasteiger partial charge on any atom is -0.303 e. The average molecular weight is 431 g/mol. The predicted molar refractivity (Wildman–Crippen MR) is 124 cm³/mol. The Morgan fingerprint density at radius 1 is 0.655 bits per heavy atom. The van der Waals surface area contributed by atoms with E-state index in [-0.39, 0.29) is 0 Å². The number of phosphoric acid groups is 1. The Balaban J connectivity index is 0.000000537. The first-order valence-corrected chi connectivity index (χ1v) is 13.1. The van der Waals surface area contributed by atoms with Crippen LogP contribution in [0.25, 0.3) is 0 Å². The van der Waals surface area contributed by atoms with Crippen LogP contribution in [0, 0.1) is 0 Å². The lowest BCUT2D eigenvalue weighted by atomic mass is 10.3. The van der Waals surface area contributed by atoms with Gasteiger partial charge in [0.05, 0.1) is 5.66 Å². The maximum atomic E-state index is 8.88. The van der Waals surface area contributed by atoms with E-state index in [9.17, 15) is 0 Å². The van der Waals surface area contributed by atoms with Gasteiger partial charge in [-0.2, -0.15) is 0 Å². The van der Waals surface area contributed by atoms with Crippen molar-refractivity contribution in [3.63, 3.8) is 0 Å². The highest BCUT2D eigenvalue weighted by atomic mass is 31.2. The molecular weight excluding hydrogens is 402 g/mol. The molecule has 0 atom stereocenters. The molecule has 0 aromatic heterocycles. The molecule has 6 heteroatoms. The Morgan fingerprint density at radius 3 is 1.10 bits per heavy atom. The van der Waals surface area contributed by atoms with Crippen molar-refractivity contribution in [3.05, 3.63) is 91.0 Å². The van der Waals surface area contributed by atoms with Crippen LogP contribution in [0.3, 0.4) is 0 Å². The predicted octanol–water partition coefficient (Wildman–Crippen LogP) is 4.24. The lowest BCUT2D eigenvalue weighted by Gasteiger charge is -2.34. The molecular formula is C23H29O4P2+. The first kappa shape index (κ1) is 23.5. The Kier molecular flexibility index (Phi) is 8.77. The summed E-state index contributed by atoms with van der Waals surface area (Å²) in [6, 6.07) is 33.6. The topological polar surface area (TPSA) is 77.8 Å². The van der Waals surface area contributed by atoms with Crippen LogP contribution in [0.15, 0.2) is 91.0 Å². The van der Waals surface area contributed by atoms with Crippen molar-refractivity contribution in [2.45, 2.75) is 32.3 Å². The van der Waals surface area contributed by atoms with E-state index in [2.05, 4.69) is 105 Å². The van der Waals surface area contributed by atoms with Crippen molar-refractivity contribution in [2.24, 2.45) is 0 Å². The summed E-state index contributed by atoms with van der Waals surface area (Å²) in [6.45, 7) is 4.69. The van der Waals surface area contributed by atoms with Gasteiger partial charge in [0.1, 0.15) is 23.2 Å². The standard InChI is InChI=1S/C23H26P.H3O4P/c1-3-20(4-2)24(21-14-8-5-9-15-21,22-16-10-6-11-17-22)23-18-12-7-13-19-23;1-5(2,3)4/h5-20H,3-4H2,1-2H3;(H3,1,2,3,4)/q+1;. The van der Waals surface area contributed by atoms with Crippen LogP contribution < -0.4 is 15.9 Å². The summed E-state index contributed by atoms with van der Waals surface area (Å²) in [6.07, 6.45) is 2.39. The highest BCUT2D eigenvalue weighted by molar-refractivity contribution is 7.96. The lowest BCUT2D eigenvalue weighted by molar-refractivity contribution is 0.275. The van der Waals surface area contributed by atoms with E-state index in [4.69, 9.17) is 19.2 Å². The van der Waals surface area contributed by atoms with Gasteiger partial charge in [0.2, 0.25) is 0 Å². The first-order chi connectivity index (χ1) is 13.8. The molecule has 0 saturated heterocycles. The van der Waals surface area contributed by atoms with Crippen molar-refractivity contribution in [1.82, 2.24) is 0 Å². The summed E-state index contributed by atoms with van der Waals surface area (Å²) >= 11 is 0. The molecule has 0 amide bonds. The third-order valence-electron chi connectivity index (χ3n) is 4.98. The number of rotatable bonds is 6. The van der Waals surface area contributed by atoms with E-state index < -0.39 is 15.1 Å². The van der Waals surface area contributed by atoms with Gasteiger partial charge < -0.3 is 14.7 Å². The van der Waals surface area contributed by atoms with E-state index in [1.807, 2.05) is 0 Å². The molecule has 0 radical (unpaired) electrons. The maximum absolute atomic E-state index is 8.88. The van der Waals surface area contributed by atoms with Crippen molar-refractivity contribution in [2.75, 3.05) is 0 Å². The van der Waals surface area contributed by atoms with Gasteiger partial charge in [0, 0.05) is 0 Å². The smallest absolute Gasteiger partial charge is 0.303 e. The molecule has 29 heavy (non-hydrogen) atoms. The molecule has 3 aromatic rings. The van der Waals surface area contributed by atoms with E-state index in [0.717, 1.165) is 0 Å². The Labute approximate surface area is 173 Å². The second kappa shape index (κ2) is 10.8. The highest BCUT2D eigenvalue weighted by Gasteiger charge is 2.50. The molecule has 3 rings (SSSR count). The van der Waals surface area contributed by atoms with Crippen molar-refractivity contribution in [1.29, 1.82) is 0 Å². The van der Waals surface area contributed by atoms with Gasteiger partial charge in [-0.05, 0) is 49.2 Å². The van der Waals surface area contributed by atoms with Gasteiger partial charge in [0.25, 0.3) is 0 Å². The van der Waals surface area contributed by atoms with Crippen molar-refractivity contribution < 1.29 is 19.2 Å². The van der Waals surface area contributed by atoms with Crippen LogP contribution >= 0.6 is 15.1 Å². The molecule has 0 aliphatic carbocycles. The Morgan fingerprint density at radius 2 is 0.897 bits per heavy atom. The molecule has 3 N–H and O–H groups in total. The fraction of sp³-hybridized carbons (Fsp3) is 0.217. The SMILES string of the molecule is CCC(CC)[P+](c1ccccc1)(c1ccccc1)c1ccccc1.O=P(O)(O)O. The fourth-order valence-electron chi connectivity index (χ4n) is 3.91. The first-order valence-electron chi connectivity index (χ1n) is 9.67. The summed E-state index contributed by atoms with van der Waals surface area (Å²) in [4.78, 5) is 21.6. The molecule has 0 heterocycles. The van der Waals surface area contributed by atoms with E-state index in [0.29, 0.717) is 5.66 Å². The third-order valence-corrected chi connectivity index (χ3v) is 10.1. The summed E-state index contributed by atoms with van der Waals surface area (Å²) in [5.41, 5.74) is 0.657. The second-order valence-electron chi connectivity index (χ2n) is 6.71. The van der Waals surface area contributed by atoms with Gasteiger partial charge in [-0.3, -0.25) is 0 Å². The van der Waals surface area contributed by atoms with Crippen molar-refractivity contribution >= 4 is 31.0 Å². The second-order valence-corrected chi connectivity index (χ2v) is 11.5. The van der Waals surface area contributed by atoms with Gasteiger partial charge >= 0.3 is 7.82 Å². The van der Waals surface area contributed by atoms with Crippen LogP contribution in [0.4, 0.5) is 0 Å². The highest BCUT2D eigenvalue weighted by Crippen LogP contribution is 2.61. The monoisotopic (exact) mass is 431 g/mol. The zero-order chi connectivity index (χ0) is 21.3. The molecule has 0 fully saturated rings. The summed E-state index contributed by atoms with van der Waals surface area (Å²) in [5.74, 6) is 0. The van der Waals surface area contributed by atoms with E-state index >= 15 is 0 Å². The van der Waals surface area contributed by atoms with Gasteiger partial charge in [0.15, 0.2) is 0 Å². The van der Waals surface area contributed by atoms with Crippen molar-refractivity contribution in [3.8, 4) is 0 Å². The van der Waals surface area contributed by atoms with Crippen LogP contribution in [0.1, 0.15) is 26.7 Å². The van der Waals surface area contributed by atoms with E-state index in [1.54, 1.807) is 0 Å². The van der Waals surface area contributed by atoms with Gasteiger partial charge in [-0.1, -0.05) is 68.4 Å². The number of hydrogen-bond acceptors (Lipinski definition) is 1. The van der Waals surface area contributed by atoms with Crippen LogP contribution in [-0.2, 0) is 4.57 Å². The zero-order valence-electron chi connectivity index (χ0n) is 16.8. The summed E-state index contributed by atoms with van der Waals surface area (Å²) < 4.78 is 8.88.